The van der Waals surface area contributed by atoms with Gasteiger partial charge < -0.3 is 4.84 Å². The van der Waals surface area contributed by atoms with Crippen molar-refractivity contribution in [2.24, 2.45) is 5.16 Å². The highest BCUT2D eigenvalue weighted by Crippen LogP contribution is 2.20. The smallest absolute Gasteiger partial charge is 0.209 e. The van der Waals surface area contributed by atoms with Crippen LogP contribution in [0.3, 0.4) is 0 Å². The second-order valence-corrected chi connectivity index (χ2v) is 3.24. The lowest BCUT2D eigenvalue weighted by Crippen LogP contribution is -2.16. The lowest BCUT2D eigenvalue weighted by molar-refractivity contribution is -0.108. The first-order valence-electron chi connectivity index (χ1n) is 3.60. The lowest BCUT2D eigenvalue weighted by Gasteiger charge is -2.03. The van der Waals surface area contributed by atoms with E-state index in [0.717, 1.165) is 10.6 Å². The van der Waals surface area contributed by atoms with Crippen molar-refractivity contribution in [2.75, 3.05) is 7.11 Å². The number of aromatic nitrogens is 1. The van der Waals surface area contributed by atoms with E-state index in [-0.39, 0.29) is 5.78 Å². The number of carbonyl (C=O) groups excluding carboxylic acids is 1. The van der Waals surface area contributed by atoms with Crippen molar-refractivity contribution < 1.29 is 9.63 Å². The fourth-order valence-corrected chi connectivity index (χ4v) is 1.84. The van der Waals surface area contributed by atoms with Crippen LogP contribution in [0.25, 0.3) is 6.08 Å². The molecule has 0 bridgehead atoms. The van der Waals surface area contributed by atoms with E-state index < -0.39 is 0 Å². The van der Waals surface area contributed by atoms with E-state index in [1.165, 1.54) is 24.5 Å². The van der Waals surface area contributed by atoms with Crippen molar-refractivity contribution in [3.8, 4) is 0 Å². The van der Waals surface area contributed by atoms with Crippen molar-refractivity contribution in [3.05, 3.63) is 22.2 Å². The average molecular weight is 194 g/mol. The summed E-state index contributed by atoms with van der Waals surface area (Å²) in [6.07, 6.45) is 3.13. The standard InChI is InChI=1S/C8H6N2O2S/c1-12-10-7-6(11)3-2-5-8(7)13-4-9-5/h2-4H,1H3/b10-7-. The summed E-state index contributed by atoms with van der Waals surface area (Å²) in [7, 11) is 1.42. The summed E-state index contributed by atoms with van der Waals surface area (Å²) in [5, 5.41) is 3.66. The van der Waals surface area contributed by atoms with Gasteiger partial charge in [-0.3, -0.25) is 4.79 Å². The maximum Gasteiger partial charge on any atom is 0.209 e. The molecule has 0 unspecified atom stereocenters. The normalized spacial score (nSPS) is 17.6. The number of thiazole rings is 1. The lowest BCUT2D eigenvalue weighted by atomic mass is 10.1. The summed E-state index contributed by atoms with van der Waals surface area (Å²) in [5.74, 6) is -0.140. The molecular weight excluding hydrogens is 188 g/mol. The van der Waals surface area contributed by atoms with E-state index >= 15 is 0 Å². The number of hydrogen-bond acceptors (Lipinski definition) is 5. The molecule has 0 saturated carbocycles. The fourth-order valence-electron chi connectivity index (χ4n) is 1.07. The van der Waals surface area contributed by atoms with Crippen LogP contribution >= 0.6 is 11.3 Å². The van der Waals surface area contributed by atoms with Gasteiger partial charge in [0.1, 0.15) is 7.11 Å². The van der Waals surface area contributed by atoms with Gasteiger partial charge in [0.15, 0.2) is 5.71 Å². The highest BCUT2D eigenvalue weighted by Gasteiger charge is 2.21. The third kappa shape index (κ3) is 1.27. The van der Waals surface area contributed by atoms with Crippen LogP contribution in [0.4, 0.5) is 0 Å². The molecule has 1 aliphatic rings. The number of hydrogen-bond donors (Lipinski definition) is 0. The number of oxime groups is 1. The van der Waals surface area contributed by atoms with E-state index in [0.29, 0.717) is 5.71 Å². The van der Waals surface area contributed by atoms with Gasteiger partial charge in [0, 0.05) is 0 Å². The first-order valence-corrected chi connectivity index (χ1v) is 4.48. The SMILES string of the molecule is CO/N=C1/C(=O)C=Cc2ncsc21. The van der Waals surface area contributed by atoms with Gasteiger partial charge in [-0.15, -0.1) is 11.3 Å². The molecular formula is C8H6N2O2S. The first-order chi connectivity index (χ1) is 6.33. The molecule has 0 spiro atoms. The van der Waals surface area contributed by atoms with E-state index in [2.05, 4.69) is 15.0 Å². The second kappa shape index (κ2) is 3.10. The van der Waals surface area contributed by atoms with E-state index in [4.69, 9.17) is 0 Å². The van der Waals surface area contributed by atoms with Crippen LogP contribution in [0.2, 0.25) is 0 Å². The van der Waals surface area contributed by atoms with Crippen molar-refractivity contribution in [1.29, 1.82) is 0 Å². The Kier molecular flexibility index (Phi) is 1.94. The van der Waals surface area contributed by atoms with Crippen LogP contribution in [0.1, 0.15) is 10.6 Å². The van der Waals surface area contributed by atoms with E-state index in [1.54, 1.807) is 11.6 Å². The first kappa shape index (κ1) is 8.12. The molecule has 4 nitrogen and oxygen atoms in total. The zero-order valence-electron chi connectivity index (χ0n) is 6.85. The molecule has 0 aliphatic heterocycles. The Morgan fingerprint density at radius 2 is 2.38 bits per heavy atom. The highest BCUT2D eigenvalue weighted by atomic mass is 32.1. The Bertz CT molecular complexity index is 406. The number of rotatable bonds is 1. The minimum Gasteiger partial charge on any atom is -0.399 e. The van der Waals surface area contributed by atoms with Gasteiger partial charge in [0.2, 0.25) is 5.78 Å². The zero-order chi connectivity index (χ0) is 9.26. The molecule has 5 heteroatoms. The number of fused-ring (bicyclic) bond motifs is 1. The summed E-state index contributed by atoms with van der Waals surface area (Å²) in [4.78, 5) is 20.8. The average Bonchev–Trinajstić information content (AvgIpc) is 2.58. The van der Waals surface area contributed by atoms with Crippen LogP contribution in [0.15, 0.2) is 16.7 Å². The van der Waals surface area contributed by atoms with Crippen LogP contribution in [-0.2, 0) is 9.63 Å². The van der Waals surface area contributed by atoms with Gasteiger partial charge in [0.25, 0.3) is 0 Å². The monoisotopic (exact) mass is 194 g/mol. The molecule has 66 valence electrons. The van der Waals surface area contributed by atoms with Crippen molar-refractivity contribution in [3.63, 3.8) is 0 Å². The molecule has 0 saturated heterocycles. The minimum absolute atomic E-state index is 0.140. The van der Waals surface area contributed by atoms with Gasteiger partial charge in [-0.2, -0.15) is 0 Å². The predicted molar refractivity (Wildman–Crippen MR) is 49.7 cm³/mol. The molecule has 1 aromatic heterocycles. The highest BCUT2D eigenvalue weighted by molar-refractivity contribution is 7.13. The Morgan fingerprint density at radius 3 is 3.15 bits per heavy atom. The molecule has 1 aromatic rings. The Morgan fingerprint density at radius 1 is 1.54 bits per heavy atom. The largest absolute Gasteiger partial charge is 0.399 e. The maximum absolute atomic E-state index is 11.3. The number of ketones is 1. The number of allylic oxidation sites excluding steroid dienone is 1. The predicted octanol–water partition coefficient (Wildman–Crippen LogP) is 1.09. The van der Waals surface area contributed by atoms with Crippen molar-refractivity contribution in [2.45, 2.75) is 0 Å². The molecule has 2 rings (SSSR count). The second-order valence-electron chi connectivity index (χ2n) is 2.39. The quantitative estimate of drug-likeness (QED) is 0.629. The Balaban J connectivity index is 2.55. The molecule has 1 heterocycles. The maximum atomic E-state index is 11.3. The molecule has 0 aromatic carbocycles. The molecule has 0 amide bonds. The van der Waals surface area contributed by atoms with E-state index in [1.807, 2.05) is 0 Å². The Labute approximate surface area is 78.5 Å². The van der Waals surface area contributed by atoms with Gasteiger partial charge >= 0.3 is 0 Å². The summed E-state index contributed by atoms with van der Waals surface area (Å²) >= 11 is 1.38. The third-order valence-corrected chi connectivity index (χ3v) is 2.47. The summed E-state index contributed by atoms with van der Waals surface area (Å²) in [5.41, 5.74) is 2.79. The molecule has 1 aliphatic carbocycles. The van der Waals surface area contributed by atoms with Gasteiger partial charge in [0.05, 0.1) is 16.1 Å². The van der Waals surface area contributed by atoms with E-state index in [9.17, 15) is 4.79 Å². The zero-order valence-corrected chi connectivity index (χ0v) is 7.67. The number of carbonyl (C=O) groups is 1. The molecule has 0 N–H and O–H groups in total. The fraction of sp³-hybridized carbons (Fsp3) is 0.125. The molecule has 0 fully saturated rings. The number of nitrogens with zero attached hydrogens (tertiary/aromatic N) is 2. The van der Waals surface area contributed by atoms with Gasteiger partial charge in [-0.1, -0.05) is 5.16 Å². The summed E-state index contributed by atoms with van der Waals surface area (Å²) in [6, 6.07) is 0. The summed E-state index contributed by atoms with van der Waals surface area (Å²) in [6.45, 7) is 0. The van der Waals surface area contributed by atoms with Crippen LogP contribution in [0, 0.1) is 0 Å². The molecule has 0 atom stereocenters. The summed E-state index contributed by atoms with van der Waals surface area (Å²) < 4.78 is 0. The topological polar surface area (TPSA) is 51.5 Å². The van der Waals surface area contributed by atoms with Gasteiger partial charge in [-0.05, 0) is 12.2 Å². The Hall–Kier alpha value is -1.49. The molecule has 13 heavy (non-hydrogen) atoms. The van der Waals surface area contributed by atoms with Gasteiger partial charge in [-0.25, -0.2) is 4.98 Å². The van der Waals surface area contributed by atoms with Crippen molar-refractivity contribution in [1.82, 2.24) is 4.98 Å². The van der Waals surface area contributed by atoms with Crippen LogP contribution in [-0.4, -0.2) is 23.6 Å². The van der Waals surface area contributed by atoms with Crippen LogP contribution < -0.4 is 0 Å². The minimum atomic E-state index is -0.140. The van der Waals surface area contributed by atoms with Crippen LogP contribution in [0.5, 0.6) is 0 Å². The van der Waals surface area contributed by atoms with Crippen molar-refractivity contribution >= 4 is 28.9 Å². The molecule has 0 radical (unpaired) electrons. The third-order valence-electron chi connectivity index (χ3n) is 1.62.